The van der Waals surface area contributed by atoms with Gasteiger partial charge < -0.3 is 14.7 Å². The highest BCUT2D eigenvalue weighted by Crippen LogP contribution is 2.32. The second kappa shape index (κ2) is 5.03. The van der Waals surface area contributed by atoms with E-state index in [1.54, 1.807) is 7.11 Å². The number of rotatable bonds is 4. The Hall–Kier alpha value is -0.120. The summed E-state index contributed by atoms with van der Waals surface area (Å²) in [6, 6.07) is 0.476. The van der Waals surface area contributed by atoms with Gasteiger partial charge in [-0.1, -0.05) is 0 Å². The van der Waals surface area contributed by atoms with E-state index in [2.05, 4.69) is 32.7 Å². The summed E-state index contributed by atoms with van der Waals surface area (Å²) in [6.45, 7) is 7.33. The fourth-order valence-electron chi connectivity index (χ4n) is 2.28. The van der Waals surface area contributed by atoms with Crippen molar-refractivity contribution in [3.63, 3.8) is 0 Å². The van der Waals surface area contributed by atoms with Gasteiger partial charge in [-0.15, -0.1) is 0 Å². The average Bonchev–Trinajstić information content (AvgIpc) is 2.22. The molecule has 3 heteroatoms. The van der Waals surface area contributed by atoms with Gasteiger partial charge in [0, 0.05) is 19.7 Å². The van der Waals surface area contributed by atoms with Crippen molar-refractivity contribution < 1.29 is 9.84 Å². The third-order valence-electron chi connectivity index (χ3n) is 4.10. The molecule has 1 fully saturated rings. The first kappa shape index (κ1) is 13.9. The van der Waals surface area contributed by atoms with E-state index in [1.165, 1.54) is 0 Å². The van der Waals surface area contributed by atoms with E-state index in [9.17, 15) is 5.11 Å². The predicted octanol–water partition coefficient (Wildman–Crippen LogP) is 2.04. The fraction of sp³-hybridized carbons (Fsp3) is 1.00. The Morgan fingerprint density at radius 3 is 2.62 bits per heavy atom. The quantitative estimate of drug-likeness (QED) is 0.800. The highest BCUT2D eigenvalue weighted by atomic mass is 16.5. The molecule has 1 saturated heterocycles. The van der Waals surface area contributed by atoms with Crippen LogP contribution in [0.25, 0.3) is 0 Å². The molecule has 0 aromatic carbocycles. The molecule has 0 radical (unpaired) electrons. The molecule has 0 amide bonds. The normalized spacial score (nSPS) is 33.0. The molecular formula is C13H27NO2. The SMILES string of the molecule is COC(C)(C)CCC1(O)CCN(C)C(C)C1. The zero-order chi connectivity index (χ0) is 12.4. The van der Waals surface area contributed by atoms with Crippen LogP contribution in [0.5, 0.6) is 0 Å². The lowest BCUT2D eigenvalue weighted by atomic mass is 9.81. The molecule has 2 atom stereocenters. The first-order chi connectivity index (χ1) is 7.28. The third kappa shape index (κ3) is 3.72. The standard InChI is InChI=1S/C13H27NO2/c1-11-10-13(15,8-9-14(11)4)7-6-12(2,3)16-5/h11,15H,6-10H2,1-5H3. The summed E-state index contributed by atoms with van der Waals surface area (Å²) in [7, 11) is 3.87. The fourth-order valence-corrected chi connectivity index (χ4v) is 2.28. The topological polar surface area (TPSA) is 32.7 Å². The van der Waals surface area contributed by atoms with Crippen LogP contribution in [-0.4, -0.2) is 48.0 Å². The van der Waals surface area contributed by atoms with Crippen molar-refractivity contribution in [2.75, 3.05) is 20.7 Å². The van der Waals surface area contributed by atoms with Gasteiger partial charge in [0.25, 0.3) is 0 Å². The lowest BCUT2D eigenvalue weighted by molar-refractivity contribution is -0.0649. The number of aliphatic hydroxyl groups is 1. The second-order valence-electron chi connectivity index (χ2n) is 5.97. The van der Waals surface area contributed by atoms with E-state index in [0.717, 1.165) is 32.2 Å². The van der Waals surface area contributed by atoms with Crippen LogP contribution in [0.15, 0.2) is 0 Å². The first-order valence-corrected chi connectivity index (χ1v) is 6.26. The molecule has 0 aromatic heterocycles. The monoisotopic (exact) mass is 229 g/mol. The molecular weight excluding hydrogens is 202 g/mol. The number of nitrogens with zero attached hydrogens (tertiary/aromatic N) is 1. The van der Waals surface area contributed by atoms with Crippen molar-refractivity contribution in [2.24, 2.45) is 0 Å². The Kier molecular flexibility index (Phi) is 4.38. The van der Waals surface area contributed by atoms with Crippen LogP contribution in [0, 0.1) is 0 Å². The van der Waals surface area contributed by atoms with Crippen LogP contribution < -0.4 is 0 Å². The molecule has 96 valence electrons. The van der Waals surface area contributed by atoms with Crippen molar-refractivity contribution in [1.29, 1.82) is 0 Å². The number of hydrogen-bond donors (Lipinski definition) is 1. The van der Waals surface area contributed by atoms with E-state index in [4.69, 9.17) is 4.74 Å². The van der Waals surface area contributed by atoms with E-state index in [-0.39, 0.29) is 5.60 Å². The summed E-state index contributed by atoms with van der Waals surface area (Å²) in [5, 5.41) is 10.5. The van der Waals surface area contributed by atoms with Gasteiger partial charge in [-0.2, -0.15) is 0 Å². The van der Waals surface area contributed by atoms with Gasteiger partial charge in [-0.05, 0) is 53.5 Å². The van der Waals surface area contributed by atoms with Gasteiger partial charge in [-0.3, -0.25) is 0 Å². The Labute approximate surface area is 99.8 Å². The maximum atomic E-state index is 10.5. The maximum Gasteiger partial charge on any atom is 0.0675 e. The van der Waals surface area contributed by atoms with Gasteiger partial charge in [-0.25, -0.2) is 0 Å². The number of likely N-dealkylation sites (tertiary alicyclic amines) is 1. The molecule has 0 bridgehead atoms. The van der Waals surface area contributed by atoms with Crippen LogP contribution in [0.4, 0.5) is 0 Å². The second-order valence-corrected chi connectivity index (χ2v) is 5.97. The molecule has 0 spiro atoms. The molecule has 0 aliphatic carbocycles. The molecule has 3 nitrogen and oxygen atoms in total. The number of hydrogen-bond acceptors (Lipinski definition) is 3. The van der Waals surface area contributed by atoms with E-state index in [1.807, 2.05) is 0 Å². The van der Waals surface area contributed by atoms with E-state index < -0.39 is 5.60 Å². The number of piperidine rings is 1. The Balaban J connectivity index is 2.47. The third-order valence-corrected chi connectivity index (χ3v) is 4.10. The summed E-state index contributed by atoms with van der Waals surface area (Å²) in [4.78, 5) is 2.32. The van der Waals surface area contributed by atoms with Crippen LogP contribution >= 0.6 is 0 Å². The highest BCUT2D eigenvalue weighted by Gasteiger charge is 2.36. The lowest BCUT2D eigenvalue weighted by Crippen LogP contribution is -2.48. The Bertz CT molecular complexity index is 230. The minimum Gasteiger partial charge on any atom is -0.390 e. The molecule has 2 unspecified atom stereocenters. The largest absolute Gasteiger partial charge is 0.390 e. The minimum absolute atomic E-state index is 0.123. The maximum absolute atomic E-state index is 10.5. The van der Waals surface area contributed by atoms with Crippen molar-refractivity contribution in [1.82, 2.24) is 4.90 Å². The Morgan fingerprint density at radius 2 is 2.12 bits per heavy atom. The summed E-state index contributed by atoms with van der Waals surface area (Å²) in [5.74, 6) is 0. The van der Waals surface area contributed by atoms with Crippen molar-refractivity contribution >= 4 is 0 Å². The highest BCUT2D eigenvalue weighted by molar-refractivity contribution is 4.90. The summed E-state index contributed by atoms with van der Waals surface area (Å²) >= 11 is 0. The number of ether oxygens (including phenoxy) is 1. The molecule has 1 rings (SSSR count). The Morgan fingerprint density at radius 1 is 1.50 bits per heavy atom. The van der Waals surface area contributed by atoms with Crippen LogP contribution in [-0.2, 0) is 4.74 Å². The molecule has 1 aliphatic rings. The van der Waals surface area contributed by atoms with Gasteiger partial charge in [0.2, 0.25) is 0 Å². The molecule has 1 heterocycles. The van der Waals surface area contributed by atoms with Crippen molar-refractivity contribution in [2.45, 2.75) is 63.7 Å². The van der Waals surface area contributed by atoms with Gasteiger partial charge in [0.15, 0.2) is 0 Å². The molecule has 0 aromatic rings. The van der Waals surface area contributed by atoms with Gasteiger partial charge in [0.1, 0.15) is 0 Å². The van der Waals surface area contributed by atoms with E-state index >= 15 is 0 Å². The predicted molar refractivity (Wildman–Crippen MR) is 66.6 cm³/mol. The summed E-state index contributed by atoms with van der Waals surface area (Å²) < 4.78 is 5.40. The zero-order valence-corrected chi connectivity index (χ0v) is 11.4. The molecule has 16 heavy (non-hydrogen) atoms. The van der Waals surface area contributed by atoms with Gasteiger partial charge in [0.05, 0.1) is 11.2 Å². The van der Waals surface area contributed by atoms with Crippen LogP contribution in [0.3, 0.4) is 0 Å². The zero-order valence-electron chi connectivity index (χ0n) is 11.4. The minimum atomic E-state index is -0.484. The average molecular weight is 229 g/mol. The van der Waals surface area contributed by atoms with Crippen molar-refractivity contribution in [3.05, 3.63) is 0 Å². The summed E-state index contributed by atoms with van der Waals surface area (Å²) in [6.07, 6.45) is 3.51. The number of methoxy groups -OCH3 is 1. The molecule has 1 N–H and O–H groups in total. The van der Waals surface area contributed by atoms with E-state index in [0.29, 0.717) is 6.04 Å². The van der Waals surface area contributed by atoms with Gasteiger partial charge >= 0.3 is 0 Å². The molecule has 0 saturated carbocycles. The van der Waals surface area contributed by atoms with Crippen LogP contribution in [0.1, 0.15) is 46.5 Å². The summed E-state index contributed by atoms with van der Waals surface area (Å²) in [5.41, 5.74) is -0.607. The van der Waals surface area contributed by atoms with Crippen LogP contribution in [0.2, 0.25) is 0 Å². The lowest BCUT2D eigenvalue weighted by Gasteiger charge is -2.42. The first-order valence-electron chi connectivity index (χ1n) is 6.26. The smallest absolute Gasteiger partial charge is 0.0675 e. The molecule has 1 aliphatic heterocycles. The van der Waals surface area contributed by atoms with Crippen molar-refractivity contribution in [3.8, 4) is 0 Å².